The third-order valence-corrected chi connectivity index (χ3v) is 11.0. The number of piperidine rings is 1. The highest BCUT2D eigenvalue weighted by Crippen LogP contribution is 2.41. The van der Waals surface area contributed by atoms with Crippen molar-refractivity contribution >= 4 is 8.32 Å². The summed E-state index contributed by atoms with van der Waals surface area (Å²) >= 11 is 0. The number of rotatable bonds is 8. The van der Waals surface area contributed by atoms with Crippen molar-refractivity contribution in [2.45, 2.75) is 83.8 Å². The number of hydrogen-bond donors (Lipinski definition) is 1. The van der Waals surface area contributed by atoms with E-state index >= 15 is 0 Å². The van der Waals surface area contributed by atoms with Crippen molar-refractivity contribution in [3.05, 3.63) is 29.3 Å². The molecule has 0 bridgehead atoms. The predicted octanol–water partition coefficient (Wildman–Crippen LogP) is 5.55. The minimum absolute atomic E-state index is 0.221. The van der Waals surface area contributed by atoms with Gasteiger partial charge in [-0.15, -0.1) is 0 Å². The summed E-state index contributed by atoms with van der Waals surface area (Å²) in [4.78, 5) is 2.61. The van der Waals surface area contributed by atoms with E-state index in [4.69, 9.17) is 10.2 Å². The molecule has 2 rings (SSSR count). The molecular formula is C23H42N2OSi. The zero-order valence-electron chi connectivity index (χ0n) is 18.6. The lowest BCUT2D eigenvalue weighted by molar-refractivity contribution is 0.208. The lowest BCUT2D eigenvalue weighted by Gasteiger charge is -2.38. The lowest BCUT2D eigenvalue weighted by Crippen LogP contribution is -2.44. The Kier molecular flexibility index (Phi) is 7.96. The van der Waals surface area contributed by atoms with Gasteiger partial charge in [-0.1, -0.05) is 39.8 Å². The largest absolute Gasteiger partial charge is 0.543 e. The summed E-state index contributed by atoms with van der Waals surface area (Å²) in [5, 5.41) is 0.221. The van der Waals surface area contributed by atoms with E-state index in [1.54, 1.807) is 0 Å². The topological polar surface area (TPSA) is 38.5 Å². The van der Waals surface area contributed by atoms with Gasteiger partial charge < -0.3 is 15.1 Å². The van der Waals surface area contributed by atoms with E-state index in [-0.39, 0.29) is 5.04 Å². The van der Waals surface area contributed by atoms with Crippen LogP contribution in [0.15, 0.2) is 18.2 Å². The van der Waals surface area contributed by atoms with E-state index < -0.39 is 8.32 Å². The maximum atomic E-state index is 6.81. The van der Waals surface area contributed by atoms with E-state index in [0.29, 0.717) is 5.92 Å². The zero-order valence-corrected chi connectivity index (χ0v) is 19.6. The minimum Gasteiger partial charge on any atom is -0.543 e. The molecule has 0 radical (unpaired) electrons. The lowest BCUT2D eigenvalue weighted by atomic mass is 9.88. The fraction of sp³-hybridized carbons (Fsp3) is 0.739. The molecule has 0 aromatic heterocycles. The number of hydrogen-bond acceptors (Lipinski definition) is 3. The van der Waals surface area contributed by atoms with Gasteiger partial charge in [-0.2, -0.15) is 0 Å². The number of nitrogens with two attached hydrogens (primary N) is 1. The summed E-state index contributed by atoms with van der Waals surface area (Å²) < 4.78 is 6.81. The van der Waals surface area contributed by atoms with E-state index in [1.165, 1.54) is 55.8 Å². The Morgan fingerprint density at radius 2 is 1.81 bits per heavy atom. The fourth-order valence-electron chi connectivity index (χ4n) is 3.60. The van der Waals surface area contributed by atoms with Crippen LogP contribution in [0.3, 0.4) is 0 Å². The zero-order chi connectivity index (χ0) is 20.1. The second-order valence-electron chi connectivity index (χ2n) is 9.70. The Bertz CT molecular complexity index is 587. The van der Waals surface area contributed by atoms with Crippen molar-refractivity contribution in [1.82, 2.24) is 4.90 Å². The number of unbranched alkanes of at least 4 members (excludes halogenated alkanes) is 1. The Morgan fingerprint density at radius 3 is 2.37 bits per heavy atom. The normalized spacial score (nSPS) is 17.3. The van der Waals surface area contributed by atoms with Crippen LogP contribution in [0, 0.1) is 0 Å². The van der Waals surface area contributed by atoms with Crippen LogP contribution in [0.5, 0.6) is 5.75 Å². The molecule has 0 amide bonds. The Hall–Kier alpha value is -0.843. The van der Waals surface area contributed by atoms with Gasteiger partial charge in [-0.05, 0) is 99.5 Å². The van der Waals surface area contributed by atoms with Crippen LogP contribution >= 0.6 is 0 Å². The van der Waals surface area contributed by atoms with Crippen LogP contribution in [-0.4, -0.2) is 39.4 Å². The van der Waals surface area contributed by atoms with E-state index in [2.05, 4.69) is 63.9 Å². The third kappa shape index (κ3) is 6.07. The van der Waals surface area contributed by atoms with Crippen molar-refractivity contribution in [3.8, 4) is 5.75 Å². The molecule has 0 atom stereocenters. The molecule has 1 heterocycles. The summed E-state index contributed by atoms with van der Waals surface area (Å²) in [5.74, 6) is 1.80. The third-order valence-electron chi connectivity index (χ3n) is 6.61. The van der Waals surface area contributed by atoms with E-state index in [9.17, 15) is 0 Å². The summed E-state index contributed by atoms with van der Waals surface area (Å²) in [6.45, 7) is 18.3. The first-order chi connectivity index (χ1) is 12.7. The molecule has 1 aromatic rings. The molecule has 1 aromatic carbocycles. The summed E-state index contributed by atoms with van der Waals surface area (Å²) in [6, 6.07) is 6.99. The van der Waals surface area contributed by atoms with Crippen LogP contribution in [0.1, 0.15) is 70.4 Å². The van der Waals surface area contributed by atoms with Gasteiger partial charge in [0.1, 0.15) is 5.75 Å². The maximum Gasteiger partial charge on any atom is 0.250 e. The predicted molar refractivity (Wildman–Crippen MR) is 120 cm³/mol. The van der Waals surface area contributed by atoms with Gasteiger partial charge in [0.2, 0.25) is 8.32 Å². The fourth-order valence-corrected chi connectivity index (χ4v) is 4.63. The summed E-state index contributed by atoms with van der Waals surface area (Å²) in [5.41, 5.74) is 8.46. The summed E-state index contributed by atoms with van der Waals surface area (Å²) in [6.07, 6.45) is 5.91. The highest BCUT2D eigenvalue weighted by Gasteiger charge is 2.39. The quantitative estimate of drug-likeness (QED) is 0.467. The second-order valence-corrected chi connectivity index (χ2v) is 14.4. The molecule has 1 saturated heterocycles. The molecule has 0 spiro atoms. The second kappa shape index (κ2) is 9.57. The molecule has 27 heavy (non-hydrogen) atoms. The molecule has 2 N–H and O–H groups in total. The first-order valence-corrected chi connectivity index (χ1v) is 13.8. The van der Waals surface area contributed by atoms with Crippen molar-refractivity contribution in [2.75, 3.05) is 26.2 Å². The Morgan fingerprint density at radius 1 is 1.15 bits per heavy atom. The van der Waals surface area contributed by atoms with Gasteiger partial charge >= 0.3 is 0 Å². The number of likely N-dealkylation sites (tertiary alicyclic amines) is 1. The maximum absolute atomic E-state index is 6.81. The van der Waals surface area contributed by atoms with E-state index in [1.807, 2.05) is 0 Å². The van der Waals surface area contributed by atoms with Crippen LogP contribution in [0.25, 0.3) is 0 Å². The molecule has 1 aliphatic rings. The van der Waals surface area contributed by atoms with Crippen LogP contribution in [0.4, 0.5) is 0 Å². The smallest absolute Gasteiger partial charge is 0.250 e. The van der Waals surface area contributed by atoms with Gasteiger partial charge in [0.05, 0.1) is 0 Å². The van der Waals surface area contributed by atoms with Gasteiger partial charge in [0.15, 0.2) is 0 Å². The van der Waals surface area contributed by atoms with Gasteiger partial charge in [0, 0.05) is 0 Å². The van der Waals surface area contributed by atoms with Crippen LogP contribution in [-0.2, 0) is 6.42 Å². The molecular weight excluding hydrogens is 348 g/mol. The molecule has 1 aliphatic heterocycles. The monoisotopic (exact) mass is 390 g/mol. The van der Waals surface area contributed by atoms with Gasteiger partial charge in [-0.25, -0.2) is 0 Å². The average Bonchev–Trinajstić information content (AvgIpc) is 2.61. The minimum atomic E-state index is -1.83. The van der Waals surface area contributed by atoms with Gasteiger partial charge in [-0.3, -0.25) is 0 Å². The molecule has 0 unspecified atom stereocenters. The summed E-state index contributed by atoms with van der Waals surface area (Å²) in [7, 11) is -1.83. The van der Waals surface area contributed by atoms with Crippen molar-refractivity contribution in [2.24, 2.45) is 5.73 Å². The number of aryl methyl sites for hydroxylation is 1. The first kappa shape index (κ1) is 22.4. The number of nitrogens with zero attached hydrogens (tertiary/aromatic N) is 1. The molecule has 1 fully saturated rings. The Balaban J connectivity index is 2.13. The molecule has 3 nitrogen and oxygen atoms in total. The first-order valence-electron chi connectivity index (χ1n) is 10.9. The average molecular weight is 391 g/mol. The van der Waals surface area contributed by atoms with Crippen molar-refractivity contribution in [1.29, 1.82) is 0 Å². The highest BCUT2D eigenvalue weighted by molar-refractivity contribution is 6.74. The van der Waals surface area contributed by atoms with Crippen LogP contribution < -0.4 is 10.2 Å². The van der Waals surface area contributed by atoms with Crippen molar-refractivity contribution < 1.29 is 4.43 Å². The standard InChI is InChI=1S/C23H42N2OSi/c1-7-19-10-11-21(22(18-19)26-27(5,6)23(2,3)4)20-12-16-25(17-13-20)15-9-8-14-24/h10-11,18,20H,7-9,12-17,24H2,1-6H3. The molecule has 0 saturated carbocycles. The highest BCUT2D eigenvalue weighted by atomic mass is 28.4. The van der Waals surface area contributed by atoms with Gasteiger partial charge in [0.25, 0.3) is 0 Å². The Labute approximate surface area is 168 Å². The molecule has 4 heteroatoms. The van der Waals surface area contributed by atoms with E-state index in [0.717, 1.165) is 19.4 Å². The van der Waals surface area contributed by atoms with Crippen LogP contribution in [0.2, 0.25) is 18.1 Å². The van der Waals surface area contributed by atoms with Crippen molar-refractivity contribution in [3.63, 3.8) is 0 Å². The SMILES string of the molecule is CCc1ccc(C2CCN(CCCCN)CC2)c(O[Si](C)(C)C(C)(C)C)c1. The molecule has 154 valence electrons. The molecule has 0 aliphatic carbocycles. The number of benzene rings is 1.